The van der Waals surface area contributed by atoms with Crippen molar-refractivity contribution in [1.29, 1.82) is 0 Å². The SMILES string of the molecule is C=Cc1c(N)c(N)c2c(c1C=C)-c1ccccc1-2. The number of nitrogens with two attached hydrogens (primary N) is 2. The average molecular weight is 234 g/mol. The highest BCUT2D eigenvalue weighted by Gasteiger charge is 2.29. The molecule has 0 heterocycles. The molecule has 2 nitrogen and oxygen atoms in total. The maximum Gasteiger partial charge on any atom is 0.0640 e. The Morgan fingerprint density at radius 1 is 0.778 bits per heavy atom. The van der Waals surface area contributed by atoms with Crippen molar-refractivity contribution in [3.05, 3.63) is 48.6 Å². The van der Waals surface area contributed by atoms with Crippen molar-refractivity contribution in [1.82, 2.24) is 0 Å². The summed E-state index contributed by atoms with van der Waals surface area (Å²) in [5.74, 6) is 0. The monoisotopic (exact) mass is 234 g/mol. The van der Waals surface area contributed by atoms with Crippen molar-refractivity contribution in [3.63, 3.8) is 0 Å². The molecule has 3 rings (SSSR count). The Labute approximate surface area is 106 Å². The molecule has 1 aliphatic rings. The molecule has 88 valence electrons. The van der Waals surface area contributed by atoms with E-state index < -0.39 is 0 Å². The lowest BCUT2D eigenvalue weighted by Crippen LogP contribution is -2.10. The van der Waals surface area contributed by atoms with E-state index in [9.17, 15) is 0 Å². The largest absolute Gasteiger partial charge is 0.397 e. The minimum Gasteiger partial charge on any atom is -0.397 e. The van der Waals surface area contributed by atoms with E-state index >= 15 is 0 Å². The Hall–Kier alpha value is -2.48. The number of nitrogen functional groups attached to an aromatic ring is 2. The molecule has 18 heavy (non-hydrogen) atoms. The van der Waals surface area contributed by atoms with Crippen LogP contribution in [0.4, 0.5) is 11.4 Å². The highest BCUT2D eigenvalue weighted by atomic mass is 14.7. The molecule has 0 saturated heterocycles. The van der Waals surface area contributed by atoms with Crippen molar-refractivity contribution in [2.24, 2.45) is 0 Å². The molecule has 0 fully saturated rings. The quantitative estimate of drug-likeness (QED) is 0.663. The summed E-state index contributed by atoms with van der Waals surface area (Å²) >= 11 is 0. The fourth-order valence-corrected chi connectivity index (χ4v) is 2.68. The first kappa shape index (κ1) is 10.7. The van der Waals surface area contributed by atoms with Gasteiger partial charge in [-0.05, 0) is 16.7 Å². The van der Waals surface area contributed by atoms with Gasteiger partial charge in [-0.3, -0.25) is 0 Å². The fraction of sp³-hybridized carbons (Fsp3) is 0. The summed E-state index contributed by atoms with van der Waals surface area (Å²) in [4.78, 5) is 0. The second-order valence-corrected chi connectivity index (χ2v) is 4.36. The van der Waals surface area contributed by atoms with Crippen LogP contribution < -0.4 is 11.5 Å². The molecule has 0 aliphatic heterocycles. The summed E-state index contributed by atoms with van der Waals surface area (Å²) in [5.41, 5.74) is 19.9. The van der Waals surface area contributed by atoms with E-state index in [1.165, 1.54) is 5.56 Å². The van der Waals surface area contributed by atoms with Crippen LogP contribution in [0, 0.1) is 0 Å². The van der Waals surface area contributed by atoms with Gasteiger partial charge in [0, 0.05) is 16.7 Å². The Balaban J connectivity index is 2.44. The molecular formula is C16H14N2. The Morgan fingerprint density at radius 2 is 1.33 bits per heavy atom. The fourth-order valence-electron chi connectivity index (χ4n) is 2.68. The molecule has 2 aromatic carbocycles. The predicted octanol–water partition coefficient (Wildman–Crippen LogP) is 3.78. The van der Waals surface area contributed by atoms with E-state index in [1.54, 1.807) is 6.08 Å². The van der Waals surface area contributed by atoms with Gasteiger partial charge < -0.3 is 11.5 Å². The van der Waals surface area contributed by atoms with Crippen LogP contribution in [0.2, 0.25) is 0 Å². The van der Waals surface area contributed by atoms with Crippen LogP contribution in [0.5, 0.6) is 0 Å². The number of benzene rings is 2. The first-order valence-corrected chi connectivity index (χ1v) is 5.80. The molecule has 2 heteroatoms. The van der Waals surface area contributed by atoms with Gasteiger partial charge in [-0.1, -0.05) is 49.6 Å². The van der Waals surface area contributed by atoms with Crippen molar-refractivity contribution in [2.45, 2.75) is 0 Å². The number of anilines is 2. The lowest BCUT2D eigenvalue weighted by Gasteiger charge is -2.30. The van der Waals surface area contributed by atoms with Gasteiger partial charge in [0.05, 0.1) is 11.4 Å². The third kappa shape index (κ3) is 1.07. The third-order valence-electron chi connectivity index (χ3n) is 3.53. The lowest BCUT2D eigenvalue weighted by molar-refractivity contribution is 1.48. The van der Waals surface area contributed by atoms with Gasteiger partial charge in [0.2, 0.25) is 0 Å². The maximum absolute atomic E-state index is 6.14. The van der Waals surface area contributed by atoms with Crippen LogP contribution >= 0.6 is 0 Å². The molecule has 1 aliphatic carbocycles. The molecule has 2 aromatic rings. The normalized spacial score (nSPS) is 11.1. The number of hydrogen-bond donors (Lipinski definition) is 2. The minimum atomic E-state index is 0.591. The van der Waals surface area contributed by atoms with Crippen LogP contribution in [0.3, 0.4) is 0 Å². The summed E-state index contributed by atoms with van der Waals surface area (Å²) < 4.78 is 0. The van der Waals surface area contributed by atoms with E-state index in [-0.39, 0.29) is 0 Å². The van der Waals surface area contributed by atoms with Crippen LogP contribution in [0.25, 0.3) is 34.4 Å². The van der Waals surface area contributed by atoms with E-state index in [2.05, 4.69) is 25.3 Å². The smallest absolute Gasteiger partial charge is 0.0640 e. The summed E-state index contributed by atoms with van der Waals surface area (Å²) in [6.45, 7) is 7.68. The Bertz CT molecular complexity index is 697. The van der Waals surface area contributed by atoms with Crippen LogP contribution in [0.1, 0.15) is 11.1 Å². The molecule has 0 atom stereocenters. The topological polar surface area (TPSA) is 52.0 Å². The highest BCUT2D eigenvalue weighted by Crippen LogP contribution is 2.55. The molecule has 0 radical (unpaired) electrons. The van der Waals surface area contributed by atoms with E-state index in [0.29, 0.717) is 11.4 Å². The van der Waals surface area contributed by atoms with E-state index in [1.807, 2.05) is 18.2 Å². The van der Waals surface area contributed by atoms with Crippen molar-refractivity contribution < 1.29 is 0 Å². The Morgan fingerprint density at radius 3 is 1.89 bits per heavy atom. The van der Waals surface area contributed by atoms with Crippen LogP contribution in [-0.2, 0) is 0 Å². The van der Waals surface area contributed by atoms with Crippen LogP contribution in [-0.4, -0.2) is 0 Å². The third-order valence-corrected chi connectivity index (χ3v) is 3.53. The van der Waals surface area contributed by atoms with Gasteiger partial charge in [-0.25, -0.2) is 0 Å². The molecular weight excluding hydrogens is 220 g/mol. The van der Waals surface area contributed by atoms with Gasteiger partial charge in [0.15, 0.2) is 0 Å². The van der Waals surface area contributed by atoms with Crippen molar-refractivity contribution >= 4 is 23.5 Å². The molecule has 0 spiro atoms. The van der Waals surface area contributed by atoms with E-state index in [4.69, 9.17) is 11.5 Å². The van der Waals surface area contributed by atoms with Gasteiger partial charge >= 0.3 is 0 Å². The molecule has 0 amide bonds. The van der Waals surface area contributed by atoms with Crippen LogP contribution in [0.15, 0.2) is 37.4 Å². The summed E-state index contributed by atoms with van der Waals surface area (Å²) in [7, 11) is 0. The number of hydrogen-bond acceptors (Lipinski definition) is 2. The first-order chi connectivity index (χ1) is 8.70. The summed E-state index contributed by atoms with van der Waals surface area (Å²) in [5, 5.41) is 0. The molecule has 4 N–H and O–H groups in total. The zero-order chi connectivity index (χ0) is 12.9. The van der Waals surface area contributed by atoms with Gasteiger partial charge in [-0.2, -0.15) is 0 Å². The average Bonchev–Trinajstić information content (AvgIpc) is 2.38. The maximum atomic E-state index is 6.14. The molecule has 0 unspecified atom stereocenters. The second-order valence-electron chi connectivity index (χ2n) is 4.36. The first-order valence-electron chi connectivity index (χ1n) is 5.80. The second kappa shape index (κ2) is 3.50. The van der Waals surface area contributed by atoms with Gasteiger partial charge in [0.25, 0.3) is 0 Å². The van der Waals surface area contributed by atoms with Gasteiger partial charge in [-0.15, -0.1) is 0 Å². The number of fused-ring (bicyclic) bond motifs is 4. The van der Waals surface area contributed by atoms with Gasteiger partial charge in [0.1, 0.15) is 0 Å². The zero-order valence-electron chi connectivity index (χ0n) is 10.0. The molecule has 0 bridgehead atoms. The summed E-state index contributed by atoms with van der Waals surface area (Å²) in [6, 6.07) is 8.18. The Kier molecular flexibility index (Phi) is 2.08. The number of rotatable bonds is 2. The highest BCUT2D eigenvalue weighted by molar-refractivity contribution is 6.14. The summed E-state index contributed by atoms with van der Waals surface area (Å²) in [6.07, 6.45) is 3.56. The minimum absolute atomic E-state index is 0.591. The lowest BCUT2D eigenvalue weighted by atomic mass is 9.75. The molecule has 0 aromatic heterocycles. The van der Waals surface area contributed by atoms with Crippen molar-refractivity contribution in [3.8, 4) is 22.3 Å². The zero-order valence-corrected chi connectivity index (χ0v) is 10.0. The standard InChI is InChI=1S/C16H14N2/c1-3-9-10(4-2)15(17)16(18)14-12-8-6-5-7-11(12)13(9)14/h3-8H,1-2,17-18H2. The van der Waals surface area contributed by atoms with Crippen molar-refractivity contribution in [2.75, 3.05) is 11.5 Å². The molecule has 0 saturated carbocycles. The predicted molar refractivity (Wildman–Crippen MR) is 79.9 cm³/mol. The van der Waals surface area contributed by atoms with E-state index in [0.717, 1.165) is 27.8 Å².